The first-order valence-electron chi connectivity index (χ1n) is 6.77. The van der Waals surface area contributed by atoms with E-state index in [0.717, 1.165) is 38.8 Å². The number of rotatable bonds is 4. The first-order chi connectivity index (χ1) is 8.51. The van der Waals surface area contributed by atoms with E-state index < -0.39 is 0 Å². The Morgan fingerprint density at radius 3 is 2.50 bits per heavy atom. The maximum Gasteiger partial charge on any atom is 0.239 e. The van der Waals surface area contributed by atoms with Crippen LogP contribution in [0.1, 0.15) is 32.6 Å². The Bertz CT molecular complexity index is 333. The average Bonchev–Trinajstić information content (AvgIpc) is 3.12. The zero-order valence-electron chi connectivity index (χ0n) is 11.3. The van der Waals surface area contributed by atoms with Crippen molar-refractivity contribution in [2.24, 2.45) is 5.41 Å². The lowest BCUT2D eigenvalue weighted by Crippen LogP contribution is -2.49. The highest BCUT2D eigenvalue weighted by Gasteiger charge is 2.37. The minimum atomic E-state index is -0.306. The fourth-order valence-electron chi connectivity index (χ4n) is 2.44. The fraction of sp³-hybridized carbons (Fsp3) is 0.846. The summed E-state index contributed by atoms with van der Waals surface area (Å²) < 4.78 is 0. The molecule has 2 amide bonds. The molecular formula is C13H23N3O2. The zero-order chi connectivity index (χ0) is 13.2. The molecule has 2 fully saturated rings. The van der Waals surface area contributed by atoms with Gasteiger partial charge in [0.05, 0.1) is 6.54 Å². The van der Waals surface area contributed by atoms with Crippen LogP contribution < -0.4 is 10.6 Å². The van der Waals surface area contributed by atoms with Gasteiger partial charge in [-0.1, -0.05) is 6.92 Å². The van der Waals surface area contributed by atoms with Crippen LogP contribution in [0.2, 0.25) is 0 Å². The molecule has 2 N–H and O–H groups in total. The van der Waals surface area contributed by atoms with Crippen LogP contribution in [-0.4, -0.2) is 49.4 Å². The molecule has 1 saturated heterocycles. The second-order valence-corrected chi connectivity index (χ2v) is 5.81. The van der Waals surface area contributed by atoms with Gasteiger partial charge in [0, 0.05) is 18.5 Å². The molecule has 1 saturated carbocycles. The summed E-state index contributed by atoms with van der Waals surface area (Å²) in [6, 6.07) is 0.357. The molecule has 0 unspecified atom stereocenters. The minimum absolute atomic E-state index is 0.0362. The highest BCUT2D eigenvalue weighted by Crippen LogP contribution is 2.29. The van der Waals surface area contributed by atoms with Crippen LogP contribution in [-0.2, 0) is 9.59 Å². The van der Waals surface area contributed by atoms with Gasteiger partial charge in [0.2, 0.25) is 11.8 Å². The summed E-state index contributed by atoms with van der Waals surface area (Å²) in [6.45, 7) is 3.94. The van der Waals surface area contributed by atoms with Gasteiger partial charge < -0.3 is 15.5 Å². The van der Waals surface area contributed by atoms with E-state index in [0.29, 0.717) is 6.04 Å². The van der Waals surface area contributed by atoms with Crippen molar-refractivity contribution >= 4 is 11.8 Å². The third-order valence-electron chi connectivity index (χ3n) is 3.89. The Hall–Kier alpha value is -1.10. The molecule has 0 bridgehead atoms. The zero-order valence-corrected chi connectivity index (χ0v) is 11.3. The van der Waals surface area contributed by atoms with Crippen molar-refractivity contribution in [3.8, 4) is 0 Å². The van der Waals surface area contributed by atoms with E-state index in [4.69, 9.17) is 0 Å². The van der Waals surface area contributed by atoms with Gasteiger partial charge in [-0.15, -0.1) is 0 Å². The smallest absolute Gasteiger partial charge is 0.239 e. The molecule has 5 nitrogen and oxygen atoms in total. The summed E-state index contributed by atoms with van der Waals surface area (Å²) in [4.78, 5) is 25.6. The second kappa shape index (κ2) is 5.26. The summed E-state index contributed by atoms with van der Waals surface area (Å²) in [6.07, 6.45) is 3.85. The van der Waals surface area contributed by atoms with Crippen molar-refractivity contribution in [2.45, 2.75) is 38.6 Å². The van der Waals surface area contributed by atoms with Gasteiger partial charge in [0.15, 0.2) is 0 Å². The molecular weight excluding hydrogens is 230 g/mol. The van der Waals surface area contributed by atoms with Crippen molar-refractivity contribution in [3.05, 3.63) is 0 Å². The lowest BCUT2D eigenvalue weighted by Gasteiger charge is -2.35. The molecule has 0 atom stereocenters. The molecule has 0 spiro atoms. The Labute approximate surface area is 108 Å². The van der Waals surface area contributed by atoms with Gasteiger partial charge in [-0.05, 0) is 38.8 Å². The first kappa shape index (κ1) is 13.3. The number of hydrogen-bond acceptors (Lipinski definition) is 3. The lowest BCUT2D eigenvalue weighted by atomic mass is 9.80. The van der Waals surface area contributed by atoms with Crippen molar-refractivity contribution < 1.29 is 9.59 Å². The van der Waals surface area contributed by atoms with E-state index in [1.165, 1.54) is 0 Å². The normalized spacial score (nSPS) is 22.3. The Morgan fingerprint density at radius 1 is 1.33 bits per heavy atom. The van der Waals surface area contributed by atoms with Crippen LogP contribution in [0.3, 0.4) is 0 Å². The first-order valence-corrected chi connectivity index (χ1v) is 6.77. The number of amides is 2. The van der Waals surface area contributed by atoms with Gasteiger partial charge in [-0.2, -0.15) is 0 Å². The van der Waals surface area contributed by atoms with Gasteiger partial charge in [-0.3, -0.25) is 9.59 Å². The molecule has 2 aliphatic rings. The monoisotopic (exact) mass is 253 g/mol. The standard InChI is InChI=1S/C13H23N3O2/c1-13(5-7-14-8-6-13)12(18)16(2)9-11(17)15-10-3-4-10/h10,14H,3-9H2,1-2H3,(H,15,17). The Morgan fingerprint density at radius 2 is 1.94 bits per heavy atom. The van der Waals surface area contributed by atoms with Crippen LogP contribution in [0.15, 0.2) is 0 Å². The number of nitrogens with zero attached hydrogens (tertiary/aromatic N) is 1. The number of carbonyl (C=O) groups is 2. The van der Waals surface area contributed by atoms with E-state index in [1.807, 2.05) is 6.92 Å². The fourth-order valence-corrected chi connectivity index (χ4v) is 2.44. The Kier molecular flexibility index (Phi) is 3.90. The van der Waals surface area contributed by atoms with Crippen molar-refractivity contribution in [1.29, 1.82) is 0 Å². The molecule has 2 rings (SSSR count). The third kappa shape index (κ3) is 3.22. The topological polar surface area (TPSA) is 61.4 Å². The maximum absolute atomic E-state index is 12.4. The Balaban J connectivity index is 1.84. The molecule has 1 aliphatic heterocycles. The number of nitrogens with one attached hydrogen (secondary N) is 2. The highest BCUT2D eigenvalue weighted by atomic mass is 16.2. The third-order valence-corrected chi connectivity index (χ3v) is 3.89. The largest absolute Gasteiger partial charge is 0.352 e. The van der Waals surface area contributed by atoms with E-state index >= 15 is 0 Å². The second-order valence-electron chi connectivity index (χ2n) is 5.81. The molecule has 0 radical (unpaired) electrons. The number of likely N-dealkylation sites (N-methyl/N-ethyl adjacent to an activating group) is 1. The van der Waals surface area contributed by atoms with Crippen LogP contribution in [0.5, 0.6) is 0 Å². The summed E-state index contributed by atoms with van der Waals surface area (Å²) in [5.41, 5.74) is -0.306. The molecule has 0 aromatic heterocycles. The molecule has 102 valence electrons. The summed E-state index contributed by atoms with van der Waals surface area (Å²) in [5, 5.41) is 6.17. The van der Waals surface area contributed by atoms with Crippen LogP contribution in [0.25, 0.3) is 0 Å². The van der Waals surface area contributed by atoms with E-state index in [-0.39, 0.29) is 23.8 Å². The molecule has 18 heavy (non-hydrogen) atoms. The summed E-state index contributed by atoms with van der Waals surface area (Å²) >= 11 is 0. The predicted molar refractivity (Wildman–Crippen MR) is 69.0 cm³/mol. The van der Waals surface area contributed by atoms with Gasteiger partial charge in [-0.25, -0.2) is 0 Å². The van der Waals surface area contributed by atoms with Crippen LogP contribution in [0.4, 0.5) is 0 Å². The van der Waals surface area contributed by atoms with Crippen LogP contribution in [0, 0.1) is 5.41 Å². The number of hydrogen-bond donors (Lipinski definition) is 2. The highest BCUT2D eigenvalue weighted by molar-refractivity contribution is 5.87. The van der Waals surface area contributed by atoms with Gasteiger partial charge >= 0.3 is 0 Å². The molecule has 1 aliphatic carbocycles. The summed E-state index contributed by atoms with van der Waals surface area (Å²) in [5.74, 6) is 0.0563. The molecule has 0 aromatic carbocycles. The predicted octanol–water partition coefficient (Wildman–Crippen LogP) is 0.113. The quantitative estimate of drug-likeness (QED) is 0.748. The van der Waals surface area contributed by atoms with E-state index in [9.17, 15) is 9.59 Å². The van der Waals surface area contributed by atoms with E-state index in [2.05, 4.69) is 10.6 Å². The van der Waals surface area contributed by atoms with Crippen LogP contribution >= 0.6 is 0 Å². The SMILES string of the molecule is CN(CC(=O)NC1CC1)C(=O)C1(C)CCNCC1. The molecule has 5 heteroatoms. The van der Waals surface area contributed by atoms with Crippen molar-refractivity contribution in [2.75, 3.05) is 26.7 Å². The van der Waals surface area contributed by atoms with E-state index in [1.54, 1.807) is 11.9 Å². The van der Waals surface area contributed by atoms with Crippen molar-refractivity contribution in [1.82, 2.24) is 15.5 Å². The summed E-state index contributed by atoms with van der Waals surface area (Å²) in [7, 11) is 1.72. The number of piperidine rings is 1. The maximum atomic E-state index is 12.4. The molecule has 0 aromatic rings. The molecule has 1 heterocycles. The minimum Gasteiger partial charge on any atom is -0.352 e. The van der Waals surface area contributed by atoms with Gasteiger partial charge in [0.25, 0.3) is 0 Å². The average molecular weight is 253 g/mol. The number of carbonyl (C=O) groups excluding carboxylic acids is 2. The van der Waals surface area contributed by atoms with Crippen molar-refractivity contribution in [3.63, 3.8) is 0 Å². The lowest BCUT2D eigenvalue weighted by molar-refractivity contribution is -0.144. The van der Waals surface area contributed by atoms with Gasteiger partial charge in [0.1, 0.15) is 0 Å².